The van der Waals surface area contributed by atoms with Crippen LogP contribution in [-0.2, 0) is 9.53 Å². The number of rotatable bonds is 1. The number of hydrogen-bond donors (Lipinski definition) is 0. The van der Waals surface area contributed by atoms with E-state index in [0.29, 0.717) is 0 Å². The lowest BCUT2D eigenvalue weighted by atomic mass is 9.89. The van der Waals surface area contributed by atoms with Crippen LogP contribution in [0, 0.1) is 0 Å². The van der Waals surface area contributed by atoms with Crippen molar-refractivity contribution in [2.75, 3.05) is 14.1 Å². The number of halogens is 2. The number of allylic oxidation sites excluding steroid dienone is 1. The summed E-state index contributed by atoms with van der Waals surface area (Å²) in [5, 5.41) is 0. The van der Waals surface area contributed by atoms with Gasteiger partial charge >= 0.3 is 5.97 Å². The van der Waals surface area contributed by atoms with Crippen LogP contribution in [-0.4, -0.2) is 35.3 Å². The molecule has 2 aliphatic rings. The number of alkyl halides is 2. The zero-order valence-electron chi connectivity index (χ0n) is 10.8. The largest absolute Gasteiger partial charge is 0.429 e. The molecule has 0 spiro atoms. The fourth-order valence-electron chi connectivity index (χ4n) is 2.81. The molecule has 18 heavy (non-hydrogen) atoms. The smallest absolute Gasteiger partial charge is 0.349 e. The highest BCUT2D eigenvalue weighted by Gasteiger charge is 2.51. The van der Waals surface area contributed by atoms with E-state index in [2.05, 4.69) is 0 Å². The summed E-state index contributed by atoms with van der Waals surface area (Å²) >= 11 is 12.4. The summed E-state index contributed by atoms with van der Waals surface area (Å²) in [7, 11) is 3.79. The molecule has 0 bridgehead atoms. The second-order valence-electron chi connectivity index (χ2n) is 5.24. The number of esters is 1. The van der Waals surface area contributed by atoms with Crippen molar-refractivity contribution >= 4 is 29.2 Å². The molecular formula is C13H19Cl2NO2. The van der Waals surface area contributed by atoms with Crippen LogP contribution in [0.5, 0.6) is 0 Å². The van der Waals surface area contributed by atoms with Crippen LogP contribution in [0.15, 0.2) is 11.3 Å². The summed E-state index contributed by atoms with van der Waals surface area (Å²) in [6, 6.07) is -0.282. The van der Waals surface area contributed by atoms with Gasteiger partial charge in [0.05, 0.1) is 6.04 Å². The van der Waals surface area contributed by atoms with Gasteiger partial charge in [-0.15, -0.1) is 0 Å². The minimum Gasteiger partial charge on any atom is -0.429 e. The second kappa shape index (κ2) is 5.40. The molecule has 5 heteroatoms. The van der Waals surface area contributed by atoms with Crippen LogP contribution in [0.2, 0.25) is 0 Å². The minimum absolute atomic E-state index is 0.282. The summed E-state index contributed by atoms with van der Waals surface area (Å²) in [6.45, 7) is 0. The maximum absolute atomic E-state index is 11.9. The van der Waals surface area contributed by atoms with Gasteiger partial charge in [-0.2, -0.15) is 0 Å². The predicted molar refractivity (Wildman–Crippen MR) is 72.7 cm³/mol. The first-order valence-corrected chi connectivity index (χ1v) is 7.18. The third-order valence-corrected chi connectivity index (χ3v) is 4.36. The van der Waals surface area contributed by atoms with E-state index >= 15 is 0 Å². The van der Waals surface area contributed by atoms with Crippen molar-refractivity contribution < 1.29 is 9.53 Å². The fourth-order valence-corrected chi connectivity index (χ4v) is 3.54. The second-order valence-corrected chi connectivity index (χ2v) is 6.63. The third-order valence-electron chi connectivity index (χ3n) is 3.64. The zero-order valence-corrected chi connectivity index (χ0v) is 12.4. The molecule has 0 radical (unpaired) electrons. The quantitative estimate of drug-likeness (QED) is 0.549. The van der Waals surface area contributed by atoms with Crippen LogP contribution in [0.25, 0.3) is 0 Å². The lowest BCUT2D eigenvalue weighted by Gasteiger charge is -2.40. The molecule has 0 fully saturated rings. The number of nitrogens with zero attached hydrogens (tertiary/aromatic N) is 1. The van der Waals surface area contributed by atoms with Crippen LogP contribution < -0.4 is 0 Å². The topological polar surface area (TPSA) is 29.5 Å². The number of ether oxygens (including phenoxy) is 1. The first-order valence-electron chi connectivity index (χ1n) is 6.43. The van der Waals surface area contributed by atoms with Crippen LogP contribution in [0.4, 0.5) is 0 Å². The van der Waals surface area contributed by atoms with Crippen molar-refractivity contribution in [3.63, 3.8) is 0 Å². The molecule has 1 atom stereocenters. The normalized spacial score (nSPS) is 28.5. The van der Waals surface area contributed by atoms with Crippen molar-refractivity contribution in [2.24, 2.45) is 0 Å². The first-order chi connectivity index (χ1) is 8.44. The molecule has 1 heterocycles. The molecule has 102 valence electrons. The molecule has 0 aromatic carbocycles. The molecule has 0 saturated heterocycles. The molecule has 0 N–H and O–H groups in total. The van der Waals surface area contributed by atoms with E-state index in [9.17, 15) is 4.79 Å². The Hall–Kier alpha value is -0.250. The summed E-state index contributed by atoms with van der Waals surface area (Å²) in [5.41, 5.74) is 1.10. The van der Waals surface area contributed by atoms with Crippen molar-refractivity contribution in [2.45, 2.75) is 48.9 Å². The van der Waals surface area contributed by atoms with Crippen LogP contribution in [0.3, 0.4) is 0 Å². The average Bonchev–Trinajstić information content (AvgIpc) is 2.24. The van der Waals surface area contributed by atoms with Crippen molar-refractivity contribution in [3.05, 3.63) is 11.3 Å². The van der Waals surface area contributed by atoms with Gasteiger partial charge in [-0.3, -0.25) is 4.90 Å². The lowest BCUT2D eigenvalue weighted by molar-refractivity contribution is -0.143. The monoisotopic (exact) mass is 291 g/mol. The van der Waals surface area contributed by atoms with Crippen LogP contribution in [0.1, 0.15) is 38.5 Å². The van der Waals surface area contributed by atoms with Gasteiger partial charge in [0.15, 0.2) is 0 Å². The third kappa shape index (κ3) is 2.54. The molecule has 3 nitrogen and oxygen atoms in total. The van der Waals surface area contributed by atoms with Gasteiger partial charge in [0, 0.05) is 6.42 Å². The van der Waals surface area contributed by atoms with Crippen LogP contribution >= 0.6 is 23.2 Å². The Morgan fingerprint density at radius 2 is 1.78 bits per heavy atom. The number of carbonyl (C=O) groups is 1. The maximum Gasteiger partial charge on any atom is 0.349 e. The van der Waals surface area contributed by atoms with Crippen molar-refractivity contribution in [1.82, 2.24) is 4.90 Å². The number of carbonyl (C=O) groups excluding carboxylic acids is 1. The Balaban J connectivity index is 2.41. The number of likely N-dealkylation sites (N-methyl/N-ethyl adjacent to an activating group) is 1. The summed E-state index contributed by atoms with van der Waals surface area (Å²) in [6.07, 6.45) is 6.28. The zero-order chi connectivity index (χ0) is 13.3. The molecular weight excluding hydrogens is 273 g/mol. The van der Waals surface area contributed by atoms with Gasteiger partial charge in [-0.1, -0.05) is 36.0 Å². The molecule has 1 aliphatic heterocycles. The Kier molecular flexibility index (Phi) is 4.25. The summed E-state index contributed by atoms with van der Waals surface area (Å²) in [4.78, 5) is 13.9. The first kappa shape index (κ1) is 14.2. The molecule has 2 rings (SSSR count). The Morgan fingerprint density at radius 3 is 2.39 bits per heavy atom. The highest BCUT2D eigenvalue weighted by molar-refractivity contribution is 6.58. The molecule has 1 aliphatic carbocycles. The van der Waals surface area contributed by atoms with E-state index in [-0.39, 0.29) is 6.04 Å². The van der Waals surface area contributed by atoms with E-state index in [4.69, 9.17) is 27.9 Å². The Morgan fingerprint density at radius 1 is 1.17 bits per heavy atom. The molecule has 1 unspecified atom stereocenters. The summed E-state index contributed by atoms with van der Waals surface area (Å²) in [5.74, 6) is 0.263. The van der Waals surface area contributed by atoms with E-state index in [0.717, 1.165) is 37.0 Å². The molecule has 0 aromatic rings. The van der Waals surface area contributed by atoms with Gasteiger partial charge in [0.2, 0.25) is 4.33 Å². The maximum atomic E-state index is 11.9. The predicted octanol–water partition coefficient (Wildman–Crippen LogP) is 3.26. The highest BCUT2D eigenvalue weighted by Crippen LogP contribution is 2.43. The van der Waals surface area contributed by atoms with E-state index in [1.807, 2.05) is 19.0 Å². The van der Waals surface area contributed by atoms with Crippen molar-refractivity contribution in [3.8, 4) is 0 Å². The standard InChI is InChI=1S/C13H19Cl2NO2/c1-16(2)11-9-7-5-3-4-6-8-10(9)18-12(17)13(11,14)15/h11H,3-8H2,1-2H3. The Bertz CT molecular complexity index is 377. The molecule has 0 aromatic heterocycles. The van der Waals surface area contributed by atoms with Gasteiger partial charge in [-0.25, -0.2) is 4.79 Å². The van der Waals surface area contributed by atoms with E-state index < -0.39 is 10.3 Å². The summed E-state index contributed by atoms with van der Waals surface area (Å²) < 4.78 is 3.87. The SMILES string of the molecule is CN(C)C1C2=C(CCCCCC2)OC(=O)C1(Cl)Cl. The number of hydrogen-bond acceptors (Lipinski definition) is 3. The van der Waals surface area contributed by atoms with Gasteiger partial charge in [0.25, 0.3) is 0 Å². The molecule has 0 amide bonds. The highest BCUT2D eigenvalue weighted by atomic mass is 35.5. The average molecular weight is 292 g/mol. The van der Waals surface area contributed by atoms with Gasteiger partial charge in [0.1, 0.15) is 5.76 Å². The lowest BCUT2D eigenvalue weighted by Crippen LogP contribution is -2.52. The van der Waals surface area contributed by atoms with Gasteiger partial charge < -0.3 is 4.74 Å². The van der Waals surface area contributed by atoms with Gasteiger partial charge in [-0.05, 0) is 38.9 Å². The van der Waals surface area contributed by atoms with E-state index in [1.165, 1.54) is 12.8 Å². The minimum atomic E-state index is -1.50. The Labute approximate surface area is 118 Å². The van der Waals surface area contributed by atoms with Crippen molar-refractivity contribution in [1.29, 1.82) is 0 Å². The molecule has 0 saturated carbocycles. The van der Waals surface area contributed by atoms with E-state index in [1.54, 1.807) is 0 Å². The fraction of sp³-hybridized carbons (Fsp3) is 0.769.